The zero-order valence-electron chi connectivity index (χ0n) is 17.6. The minimum Gasteiger partial charge on any atom is -0.394 e. The number of hydrogen-bond donors (Lipinski definition) is 5. The van der Waals surface area contributed by atoms with Gasteiger partial charge >= 0.3 is 0 Å². The van der Waals surface area contributed by atoms with Crippen molar-refractivity contribution in [3.05, 3.63) is 76.2 Å². The normalized spacial score (nSPS) is 28.4. The molecule has 2 aliphatic heterocycles. The highest BCUT2D eigenvalue weighted by Gasteiger charge is 2.57. The van der Waals surface area contributed by atoms with E-state index in [1.165, 1.54) is 33.7 Å². The Morgan fingerprint density at radius 2 is 2.00 bits per heavy atom. The average molecular weight is 500 g/mol. The van der Waals surface area contributed by atoms with Crippen LogP contribution in [0.15, 0.2) is 69.2 Å². The molecule has 0 saturated carbocycles. The molecule has 176 valence electrons. The predicted molar refractivity (Wildman–Crippen MR) is 128 cm³/mol. The Balaban J connectivity index is 1.61. The van der Waals surface area contributed by atoms with Gasteiger partial charge in [0.25, 0.3) is 5.56 Å². The van der Waals surface area contributed by atoms with Gasteiger partial charge in [-0.1, -0.05) is 48.2 Å². The van der Waals surface area contributed by atoms with Crippen molar-refractivity contribution in [1.29, 1.82) is 0 Å². The van der Waals surface area contributed by atoms with Crippen LogP contribution in [0.25, 0.3) is 5.78 Å². The minimum atomic E-state index is -1.35. The summed E-state index contributed by atoms with van der Waals surface area (Å²) >= 11 is 2.99. The molecule has 5 atom stereocenters. The maximum atomic E-state index is 13.4. The Hall–Kier alpha value is -2.87. The molecule has 3 aromatic heterocycles. The van der Waals surface area contributed by atoms with E-state index in [1.807, 2.05) is 47.8 Å². The number of nitrogens with one attached hydrogen (secondary N) is 2. The molecule has 5 N–H and O–H groups in total. The molecule has 0 amide bonds. The topological polar surface area (TPSA) is 135 Å². The first-order valence-electron chi connectivity index (χ1n) is 10.6. The van der Waals surface area contributed by atoms with E-state index >= 15 is 0 Å². The number of aromatic nitrogens is 3. The van der Waals surface area contributed by atoms with E-state index in [1.54, 1.807) is 11.1 Å². The van der Waals surface area contributed by atoms with Gasteiger partial charge in [-0.15, -0.1) is 11.3 Å². The Kier molecular flexibility index (Phi) is 5.17. The van der Waals surface area contributed by atoms with Crippen LogP contribution in [0, 0.1) is 0 Å². The van der Waals surface area contributed by atoms with E-state index < -0.39 is 36.1 Å². The molecule has 10 nitrogen and oxygen atoms in total. The number of rotatable bonds is 5. The molecule has 0 radical (unpaired) electrons. The van der Waals surface area contributed by atoms with Gasteiger partial charge in [0.05, 0.1) is 10.8 Å². The van der Waals surface area contributed by atoms with Crippen molar-refractivity contribution in [3.63, 3.8) is 0 Å². The summed E-state index contributed by atoms with van der Waals surface area (Å²) in [6, 6.07) is 13.4. The number of ether oxygens (including phenoxy) is 1. The number of hydrogen-bond acceptors (Lipinski definition) is 10. The number of thioether (sulfide) groups is 1. The fourth-order valence-electron chi connectivity index (χ4n) is 4.51. The van der Waals surface area contributed by atoms with E-state index in [0.717, 1.165) is 9.77 Å². The molecule has 1 fully saturated rings. The van der Waals surface area contributed by atoms with Gasteiger partial charge in [-0.3, -0.25) is 14.1 Å². The zero-order valence-corrected chi connectivity index (χ0v) is 19.2. The van der Waals surface area contributed by atoms with Gasteiger partial charge in [0.2, 0.25) is 5.78 Å². The second-order valence-electron chi connectivity index (χ2n) is 8.04. The van der Waals surface area contributed by atoms with Gasteiger partial charge in [0, 0.05) is 18.0 Å². The molecular formula is C22H21N5O5S2. The summed E-state index contributed by atoms with van der Waals surface area (Å²) in [5.74, 6) is 0.693. The van der Waals surface area contributed by atoms with Crippen LogP contribution in [0.3, 0.4) is 0 Å². The first-order chi connectivity index (χ1) is 16.5. The molecule has 6 rings (SSSR count). The SMILES string of the molecule is O=c1c2c([nH]c3nccn13)N([C@@H]1O[C@H](CO)[C@@H](O)[C@H]1O)C(Sc1cccs1)(c1ccccc1)N2. The number of imidazole rings is 1. The highest BCUT2D eigenvalue weighted by molar-refractivity contribution is 8.02. The van der Waals surface area contributed by atoms with Crippen LogP contribution >= 0.6 is 23.1 Å². The summed E-state index contributed by atoms with van der Waals surface area (Å²) in [6.07, 6.45) is -1.63. The number of fused-ring (bicyclic) bond motifs is 2. The molecule has 12 heteroatoms. The monoisotopic (exact) mass is 499 g/mol. The number of aliphatic hydroxyl groups is 3. The van der Waals surface area contributed by atoms with Crippen molar-refractivity contribution in [2.45, 2.75) is 33.7 Å². The molecule has 1 aromatic carbocycles. The van der Waals surface area contributed by atoms with Crippen molar-refractivity contribution < 1.29 is 20.1 Å². The fraction of sp³-hybridized carbons (Fsp3) is 0.273. The minimum absolute atomic E-state index is 0.274. The molecular weight excluding hydrogens is 478 g/mol. The Morgan fingerprint density at radius 3 is 2.71 bits per heavy atom. The van der Waals surface area contributed by atoms with Gasteiger partial charge < -0.3 is 30.4 Å². The lowest BCUT2D eigenvalue weighted by atomic mass is 10.1. The second-order valence-corrected chi connectivity index (χ2v) is 10.5. The van der Waals surface area contributed by atoms with Crippen LogP contribution in [0.1, 0.15) is 5.56 Å². The summed E-state index contributed by atoms with van der Waals surface area (Å²) in [5.41, 5.74) is 0.756. The maximum Gasteiger partial charge on any atom is 0.284 e. The summed E-state index contributed by atoms with van der Waals surface area (Å²) in [6.45, 7) is -0.463. The van der Waals surface area contributed by atoms with E-state index in [-0.39, 0.29) is 11.2 Å². The predicted octanol–water partition coefficient (Wildman–Crippen LogP) is 1.36. The third-order valence-electron chi connectivity index (χ3n) is 6.10. The largest absolute Gasteiger partial charge is 0.394 e. The van der Waals surface area contributed by atoms with Crippen molar-refractivity contribution in [3.8, 4) is 0 Å². The lowest BCUT2D eigenvalue weighted by molar-refractivity contribution is -0.0248. The summed E-state index contributed by atoms with van der Waals surface area (Å²) in [4.78, 5) is 21.5. The van der Waals surface area contributed by atoms with Crippen LogP contribution in [0.4, 0.5) is 11.5 Å². The third-order valence-corrected chi connectivity index (χ3v) is 8.46. The van der Waals surface area contributed by atoms with Crippen LogP contribution in [-0.4, -0.2) is 60.8 Å². The average Bonchev–Trinajstić information content (AvgIpc) is 3.64. The zero-order chi connectivity index (χ0) is 23.4. The standard InChI is InChI=1S/C22H21N5O5S2/c28-11-13-16(29)17(30)20(32-13)27-18-15(19(31)26-9-8-23-21(26)24-18)25-22(27,12-5-2-1-3-6-12)34-14-7-4-10-33-14/h1-10,13,16-17,20,25,28-30H,11H2,(H,23,24)/t13-,16-,17-,20-,22?/m1/s1. The van der Waals surface area contributed by atoms with Crippen LogP contribution < -0.4 is 15.8 Å². The molecule has 0 spiro atoms. The molecule has 34 heavy (non-hydrogen) atoms. The molecule has 0 bridgehead atoms. The number of aromatic amines is 1. The number of benzene rings is 1. The number of thiophene rings is 1. The molecule has 0 aliphatic carbocycles. The Labute approximate surface area is 201 Å². The molecule has 1 unspecified atom stereocenters. The second kappa shape index (κ2) is 8.12. The quantitative estimate of drug-likeness (QED) is 0.276. The van der Waals surface area contributed by atoms with E-state index in [2.05, 4.69) is 15.3 Å². The van der Waals surface area contributed by atoms with Crippen LogP contribution in [0.5, 0.6) is 0 Å². The smallest absolute Gasteiger partial charge is 0.284 e. The summed E-state index contributed by atoms with van der Waals surface area (Å²) in [5, 5.41) is 36.7. The van der Waals surface area contributed by atoms with Gasteiger partial charge in [-0.25, -0.2) is 4.98 Å². The number of nitrogens with zero attached hydrogens (tertiary/aromatic N) is 3. The highest BCUT2D eigenvalue weighted by atomic mass is 32.2. The van der Waals surface area contributed by atoms with Crippen molar-refractivity contribution in [2.75, 3.05) is 16.8 Å². The van der Waals surface area contributed by atoms with Crippen molar-refractivity contribution in [2.24, 2.45) is 0 Å². The summed E-state index contributed by atoms with van der Waals surface area (Å²) < 4.78 is 8.34. The number of aliphatic hydroxyl groups excluding tert-OH is 3. The van der Waals surface area contributed by atoms with E-state index in [4.69, 9.17) is 4.74 Å². The van der Waals surface area contributed by atoms with Gasteiger partial charge in [0.15, 0.2) is 11.2 Å². The lowest BCUT2D eigenvalue weighted by Crippen LogP contribution is -2.55. The first kappa shape index (κ1) is 21.6. The van der Waals surface area contributed by atoms with Gasteiger partial charge in [-0.05, 0) is 11.4 Å². The van der Waals surface area contributed by atoms with E-state index in [0.29, 0.717) is 11.6 Å². The molecule has 2 aliphatic rings. The van der Waals surface area contributed by atoms with Gasteiger partial charge in [0.1, 0.15) is 29.8 Å². The van der Waals surface area contributed by atoms with Crippen LogP contribution in [0.2, 0.25) is 0 Å². The van der Waals surface area contributed by atoms with Crippen molar-refractivity contribution >= 4 is 40.4 Å². The maximum absolute atomic E-state index is 13.4. The molecule has 1 saturated heterocycles. The molecule has 5 heterocycles. The highest BCUT2D eigenvalue weighted by Crippen LogP contribution is 2.54. The molecule has 4 aromatic rings. The lowest BCUT2D eigenvalue weighted by Gasteiger charge is -2.42. The third kappa shape index (κ3) is 3.11. The van der Waals surface area contributed by atoms with Gasteiger partial charge in [-0.2, -0.15) is 0 Å². The first-order valence-corrected chi connectivity index (χ1v) is 12.3. The van der Waals surface area contributed by atoms with Crippen LogP contribution in [-0.2, 0) is 9.73 Å². The van der Waals surface area contributed by atoms with Crippen molar-refractivity contribution in [1.82, 2.24) is 14.4 Å². The number of anilines is 2. The van der Waals surface area contributed by atoms with E-state index in [9.17, 15) is 20.1 Å². The summed E-state index contributed by atoms with van der Waals surface area (Å²) in [7, 11) is 0. The Morgan fingerprint density at radius 1 is 1.18 bits per heavy atom. The fourth-order valence-corrected chi connectivity index (χ4v) is 6.81. The number of H-pyrrole nitrogens is 1. The Bertz CT molecular complexity index is 1380.